The summed E-state index contributed by atoms with van der Waals surface area (Å²) in [5, 5.41) is 13.9. The molecule has 0 amide bonds. The molecule has 0 unspecified atom stereocenters. The molecule has 1 saturated heterocycles. The largest absolute Gasteiger partial charge is 0.548 e. The fraction of sp³-hybridized carbons (Fsp3) is 0.909. The van der Waals surface area contributed by atoms with Gasteiger partial charge in [0.2, 0.25) is 0 Å². The summed E-state index contributed by atoms with van der Waals surface area (Å²) in [5.74, 6) is -0.931. The molecule has 1 N–H and O–H groups in total. The third kappa shape index (κ3) is 3.47. The molecule has 15 heavy (non-hydrogen) atoms. The number of carbonyl (C=O) groups excluding carboxylic acids is 1. The van der Waals surface area contributed by atoms with E-state index in [9.17, 15) is 9.90 Å². The van der Waals surface area contributed by atoms with Crippen LogP contribution in [0.2, 0.25) is 0 Å². The third-order valence-corrected chi connectivity index (χ3v) is 3.09. The Morgan fingerprint density at radius 1 is 1.40 bits per heavy atom. The van der Waals surface area contributed by atoms with Crippen molar-refractivity contribution < 1.29 is 14.4 Å². The van der Waals surface area contributed by atoms with Crippen LogP contribution in [-0.4, -0.2) is 50.2 Å². The predicted octanol–water partition coefficient (Wildman–Crippen LogP) is -0.655. The van der Waals surface area contributed by atoms with Crippen LogP contribution >= 0.6 is 0 Å². The van der Waals surface area contributed by atoms with Crippen molar-refractivity contribution in [2.24, 2.45) is 0 Å². The second-order valence-electron chi connectivity index (χ2n) is 5.52. The summed E-state index contributed by atoms with van der Waals surface area (Å²) in [7, 11) is 6.45. The lowest BCUT2D eigenvalue weighted by Crippen LogP contribution is -2.66. The number of nitrogens with zero attached hydrogens (tertiary/aromatic N) is 1. The van der Waals surface area contributed by atoms with Crippen molar-refractivity contribution in [2.75, 3.05) is 34.2 Å². The van der Waals surface area contributed by atoms with Crippen molar-refractivity contribution in [1.82, 2.24) is 5.32 Å². The number of hydrogen-bond acceptors (Lipinski definition) is 3. The lowest BCUT2D eigenvalue weighted by molar-refractivity contribution is -0.870. The van der Waals surface area contributed by atoms with Crippen molar-refractivity contribution in [1.29, 1.82) is 0 Å². The quantitative estimate of drug-likeness (QED) is 0.472. The molecule has 1 heterocycles. The molecule has 0 aromatic rings. The van der Waals surface area contributed by atoms with Gasteiger partial charge in [0.1, 0.15) is 0 Å². The Morgan fingerprint density at radius 2 is 2.00 bits per heavy atom. The summed E-state index contributed by atoms with van der Waals surface area (Å²) in [6.45, 7) is 1.90. The van der Waals surface area contributed by atoms with E-state index in [1.807, 2.05) is 0 Å². The molecule has 1 fully saturated rings. The van der Waals surface area contributed by atoms with Crippen LogP contribution in [0.1, 0.15) is 25.7 Å². The molecule has 0 aliphatic carbocycles. The molecule has 0 spiro atoms. The minimum atomic E-state index is -0.931. The van der Waals surface area contributed by atoms with E-state index in [4.69, 9.17) is 0 Å². The molecule has 0 aromatic carbocycles. The Balaban J connectivity index is 2.22. The summed E-state index contributed by atoms with van der Waals surface area (Å²) in [6.07, 6.45) is 3.45. The van der Waals surface area contributed by atoms with Crippen molar-refractivity contribution >= 4 is 5.97 Å². The van der Waals surface area contributed by atoms with Gasteiger partial charge in [-0.2, -0.15) is 0 Å². The van der Waals surface area contributed by atoms with Crippen LogP contribution in [0.25, 0.3) is 0 Å². The van der Waals surface area contributed by atoms with E-state index in [-0.39, 0.29) is 0 Å². The molecule has 0 bridgehead atoms. The first-order valence-electron chi connectivity index (χ1n) is 5.63. The smallest absolute Gasteiger partial charge is 0.0780 e. The van der Waals surface area contributed by atoms with Gasteiger partial charge in [-0.05, 0) is 32.2 Å². The minimum Gasteiger partial charge on any atom is -0.548 e. The number of carbonyl (C=O) groups is 1. The first kappa shape index (κ1) is 12.5. The van der Waals surface area contributed by atoms with Gasteiger partial charge in [0.25, 0.3) is 0 Å². The zero-order chi connectivity index (χ0) is 11.5. The zero-order valence-corrected chi connectivity index (χ0v) is 10.0. The molecule has 88 valence electrons. The number of carboxylic acids is 1. The lowest BCUT2D eigenvalue weighted by atomic mass is 9.83. The van der Waals surface area contributed by atoms with Crippen LogP contribution in [0.5, 0.6) is 0 Å². The normalized spacial score (nSPS) is 26.1. The number of rotatable bonds is 6. The molecule has 0 aromatic heterocycles. The van der Waals surface area contributed by atoms with Crippen LogP contribution in [-0.2, 0) is 4.79 Å². The molecule has 4 nitrogen and oxygen atoms in total. The van der Waals surface area contributed by atoms with Gasteiger partial charge in [-0.15, -0.1) is 0 Å². The molecule has 1 atom stereocenters. The number of unbranched alkanes of at least 4 members (excludes halogenated alkanes) is 1. The van der Waals surface area contributed by atoms with Crippen molar-refractivity contribution in [2.45, 2.75) is 31.2 Å². The Morgan fingerprint density at radius 3 is 2.33 bits per heavy atom. The number of hydrogen-bond donors (Lipinski definition) is 1. The van der Waals surface area contributed by atoms with Gasteiger partial charge < -0.3 is 19.7 Å². The van der Waals surface area contributed by atoms with Gasteiger partial charge in [-0.3, -0.25) is 0 Å². The highest BCUT2D eigenvalue weighted by atomic mass is 16.4. The van der Waals surface area contributed by atoms with E-state index in [1.54, 1.807) is 0 Å². The first-order chi connectivity index (χ1) is 6.86. The average Bonchev–Trinajstić information content (AvgIpc) is 1.98. The van der Waals surface area contributed by atoms with Crippen LogP contribution in [0, 0.1) is 0 Å². The Labute approximate surface area is 91.9 Å². The SMILES string of the molecule is C[N+](C)(C)CCCC[C@]1(C(=O)[O-])CCN1. The topological polar surface area (TPSA) is 52.2 Å². The second kappa shape index (κ2) is 4.49. The maximum absolute atomic E-state index is 10.9. The Bertz CT molecular complexity index is 229. The lowest BCUT2D eigenvalue weighted by Gasteiger charge is -2.44. The third-order valence-electron chi connectivity index (χ3n) is 3.09. The predicted molar refractivity (Wildman–Crippen MR) is 57.1 cm³/mol. The summed E-state index contributed by atoms with van der Waals surface area (Å²) >= 11 is 0. The second-order valence-corrected chi connectivity index (χ2v) is 5.52. The van der Waals surface area contributed by atoms with Gasteiger partial charge in [0, 0.05) is 0 Å². The highest BCUT2D eigenvalue weighted by Gasteiger charge is 2.37. The van der Waals surface area contributed by atoms with Crippen molar-refractivity contribution in [3.05, 3.63) is 0 Å². The number of nitrogens with one attached hydrogen (secondary N) is 1. The highest BCUT2D eigenvalue weighted by molar-refractivity contribution is 5.77. The van der Waals surface area contributed by atoms with Crippen LogP contribution in [0.3, 0.4) is 0 Å². The van der Waals surface area contributed by atoms with E-state index in [0.717, 1.165) is 36.8 Å². The van der Waals surface area contributed by atoms with Crippen molar-refractivity contribution in [3.63, 3.8) is 0 Å². The Kier molecular flexibility index (Phi) is 3.73. The van der Waals surface area contributed by atoms with E-state index in [2.05, 4.69) is 26.5 Å². The van der Waals surface area contributed by atoms with Gasteiger partial charge >= 0.3 is 0 Å². The number of aliphatic carboxylic acids is 1. The van der Waals surface area contributed by atoms with Crippen LogP contribution < -0.4 is 10.4 Å². The van der Waals surface area contributed by atoms with E-state index < -0.39 is 11.5 Å². The Hall–Kier alpha value is -0.610. The van der Waals surface area contributed by atoms with Gasteiger partial charge in [0.15, 0.2) is 0 Å². The van der Waals surface area contributed by atoms with E-state index >= 15 is 0 Å². The molecule has 4 heteroatoms. The fourth-order valence-corrected chi connectivity index (χ4v) is 1.93. The van der Waals surface area contributed by atoms with E-state index in [1.165, 1.54) is 0 Å². The number of carboxylic acid groups (broad SMARTS) is 1. The number of quaternary nitrogens is 1. The summed E-state index contributed by atoms with van der Waals surface area (Å²) in [4.78, 5) is 10.9. The summed E-state index contributed by atoms with van der Waals surface area (Å²) in [6, 6.07) is 0. The zero-order valence-electron chi connectivity index (χ0n) is 10.0. The maximum atomic E-state index is 10.9. The fourth-order valence-electron chi connectivity index (χ4n) is 1.93. The summed E-state index contributed by atoms with van der Waals surface area (Å²) in [5.41, 5.74) is -0.703. The van der Waals surface area contributed by atoms with Gasteiger partial charge in [0.05, 0.1) is 39.2 Å². The average molecular weight is 214 g/mol. The first-order valence-corrected chi connectivity index (χ1v) is 5.63. The monoisotopic (exact) mass is 214 g/mol. The van der Waals surface area contributed by atoms with Crippen LogP contribution in [0.15, 0.2) is 0 Å². The molecular weight excluding hydrogens is 192 g/mol. The van der Waals surface area contributed by atoms with Crippen molar-refractivity contribution in [3.8, 4) is 0 Å². The highest BCUT2D eigenvalue weighted by Crippen LogP contribution is 2.24. The van der Waals surface area contributed by atoms with Gasteiger partial charge in [-0.25, -0.2) is 0 Å². The molecule has 0 saturated carbocycles. The molecule has 1 aliphatic rings. The maximum Gasteiger partial charge on any atom is 0.0780 e. The standard InChI is InChI=1S/C11H22N2O2/c1-13(2,3)9-5-4-6-11(10(14)15)7-8-12-11/h12H,4-9H2,1-3H3/t11-/m1/s1. The minimum absolute atomic E-state index is 0.703. The molecular formula is C11H22N2O2. The van der Waals surface area contributed by atoms with Gasteiger partial charge in [-0.1, -0.05) is 0 Å². The summed E-state index contributed by atoms with van der Waals surface area (Å²) < 4.78 is 0.936. The molecule has 0 radical (unpaired) electrons. The van der Waals surface area contributed by atoms with Crippen LogP contribution in [0.4, 0.5) is 0 Å². The van der Waals surface area contributed by atoms with E-state index in [0.29, 0.717) is 6.42 Å². The molecule has 1 rings (SSSR count). The molecule has 1 aliphatic heterocycles.